The zero-order chi connectivity index (χ0) is 16.9. The SMILES string of the molecule is Cc1nn(Cc2ccccc2)c(C)c1NC(=S)NC1CCCCC1. The summed E-state index contributed by atoms with van der Waals surface area (Å²) in [4.78, 5) is 0. The van der Waals surface area contributed by atoms with Crippen molar-refractivity contribution in [1.29, 1.82) is 0 Å². The lowest BCUT2D eigenvalue weighted by molar-refractivity contribution is 0.415. The third kappa shape index (κ3) is 4.15. The van der Waals surface area contributed by atoms with E-state index in [0.717, 1.165) is 23.6 Å². The van der Waals surface area contributed by atoms with Crippen molar-refractivity contribution in [2.75, 3.05) is 5.32 Å². The fourth-order valence-electron chi connectivity index (χ4n) is 3.37. The molecule has 1 aromatic heterocycles. The van der Waals surface area contributed by atoms with E-state index in [2.05, 4.69) is 46.9 Å². The predicted molar refractivity (Wildman–Crippen MR) is 103 cm³/mol. The van der Waals surface area contributed by atoms with E-state index in [1.165, 1.54) is 37.7 Å². The molecule has 0 bridgehead atoms. The molecule has 24 heavy (non-hydrogen) atoms. The van der Waals surface area contributed by atoms with Crippen LogP contribution in [0.5, 0.6) is 0 Å². The highest BCUT2D eigenvalue weighted by Crippen LogP contribution is 2.21. The van der Waals surface area contributed by atoms with Crippen LogP contribution in [0.25, 0.3) is 0 Å². The van der Waals surface area contributed by atoms with Crippen LogP contribution in [0, 0.1) is 13.8 Å². The molecule has 1 aromatic carbocycles. The number of aromatic nitrogens is 2. The summed E-state index contributed by atoms with van der Waals surface area (Å²) in [6, 6.07) is 10.9. The van der Waals surface area contributed by atoms with E-state index in [4.69, 9.17) is 12.2 Å². The van der Waals surface area contributed by atoms with Gasteiger partial charge in [-0.3, -0.25) is 4.68 Å². The first kappa shape index (κ1) is 17.0. The summed E-state index contributed by atoms with van der Waals surface area (Å²) >= 11 is 5.52. The minimum atomic E-state index is 0.513. The second-order valence-corrected chi connectivity index (χ2v) is 7.03. The number of aryl methyl sites for hydroxylation is 1. The standard InChI is InChI=1S/C19H26N4S/c1-14-18(21-19(24)20-17-11-7-4-8-12-17)15(2)23(22-14)13-16-9-5-3-6-10-16/h3,5-6,9-10,17H,4,7-8,11-13H2,1-2H3,(H2,20,21,24). The molecule has 2 N–H and O–H groups in total. The van der Waals surface area contributed by atoms with Crippen molar-refractivity contribution in [2.45, 2.75) is 58.5 Å². The van der Waals surface area contributed by atoms with E-state index in [0.29, 0.717) is 11.2 Å². The molecule has 128 valence electrons. The van der Waals surface area contributed by atoms with E-state index in [1.807, 2.05) is 17.7 Å². The Morgan fingerprint density at radius 2 is 1.88 bits per heavy atom. The lowest BCUT2D eigenvalue weighted by atomic mass is 9.96. The average molecular weight is 343 g/mol. The monoisotopic (exact) mass is 342 g/mol. The molecular weight excluding hydrogens is 316 g/mol. The van der Waals surface area contributed by atoms with Crippen LogP contribution in [0.2, 0.25) is 0 Å². The van der Waals surface area contributed by atoms with Crippen LogP contribution >= 0.6 is 12.2 Å². The van der Waals surface area contributed by atoms with Crippen molar-refractivity contribution in [1.82, 2.24) is 15.1 Å². The summed E-state index contributed by atoms with van der Waals surface area (Å²) in [5.74, 6) is 0. The first-order valence-electron chi connectivity index (χ1n) is 8.79. The zero-order valence-corrected chi connectivity index (χ0v) is 15.3. The second-order valence-electron chi connectivity index (χ2n) is 6.62. The zero-order valence-electron chi connectivity index (χ0n) is 14.5. The lowest BCUT2D eigenvalue weighted by Crippen LogP contribution is -2.39. The van der Waals surface area contributed by atoms with Gasteiger partial charge in [0.05, 0.1) is 23.6 Å². The van der Waals surface area contributed by atoms with Gasteiger partial charge in [-0.05, 0) is 44.5 Å². The molecule has 0 atom stereocenters. The molecule has 0 radical (unpaired) electrons. The van der Waals surface area contributed by atoms with E-state index in [9.17, 15) is 0 Å². The smallest absolute Gasteiger partial charge is 0.171 e. The van der Waals surface area contributed by atoms with Gasteiger partial charge in [-0.1, -0.05) is 49.6 Å². The van der Waals surface area contributed by atoms with Gasteiger partial charge in [0.25, 0.3) is 0 Å². The van der Waals surface area contributed by atoms with Gasteiger partial charge < -0.3 is 10.6 Å². The molecule has 4 nitrogen and oxygen atoms in total. The first-order chi connectivity index (χ1) is 11.6. The van der Waals surface area contributed by atoms with Crippen molar-refractivity contribution in [3.05, 3.63) is 47.3 Å². The van der Waals surface area contributed by atoms with Crippen molar-refractivity contribution in [2.24, 2.45) is 0 Å². The Bertz CT molecular complexity index is 687. The minimum absolute atomic E-state index is 0.513. The van der Waals surface area contributed by atoms with Gasteiger partial charge in [0.2, 0.25) is 0 Å². The Balaban J connectivity index is 1.66. The maximum atomic E-state index is 5.52. The Morgan fingerprint density at radius 1 is 1.17 bits per heavy atom. The maximum absolute atomic E-state index is 5.52. The molecule has 1 saturated carbocycles. The molecule has 0 aliphatic heterocycles. The van der Waals surface area contributed by atoms with Gasteiger partial charge in [0.15, 0.2) is 5.11 Å². The number of anilines is 1. The highest BCUT2D eigenvalue weighted by Gasteiger charge is 2.17. The van der Waals surface area contributed by atoms with Gasteiger partial charge in [-0.2, -0.15) is 5.10 Å². The average Bonchev–Trinajstić information content (AvgIpc) is 2.84. The normalized spacial score (nSPS) is 15.2. The van der Waals surface area contributed by atoms with E-state index in [1.54, 1.807) is 0 Å². The van der Waals surface area contributed by atoms with Crippen molar-refractivity contribution >= 4 is 23.0 Å². The summed E-state index contributed by atoms with van der Waals surface area (Å²) in [5, 5.41) is 12.2. The topological polar surface area (TPSA) is 41.9 Å². The first-order valence-corrected chi connectivity index (χ1v) is 9.20. The Hall–Kier alpha value is -1.88. The fraction of sp³-hybridized carbons (Fsp3) is 0.474. The number of hydrogen-bond acceptors (Lipinski definition) is 2. The van der Waals surface area contributed by atoms with Gasteiger partial charge in [0.1, 0.15) is 0 Å². The summed E-state index contributed by atoms with van der Waals surface area (Å²) < 4.78 is 2.04. The molecule has 0 unspecified atom stereocenters. The van der Waals surface area contributed by atoms with Gasteiger partial charge in [-0.15, -0.1) is 0 Å². The van der Waals surface area contributed by atoms with E-state index < -0.39 is 0 Å². The number of benzene rings is 1. The largest absolute Gasteiger partial charge is 0.360 e. The highest BCUT2D eigenvalue weighted by molar-refractivity contribution is 7.80. The molecule has 5 heteroatoms. The minimum Gasteiger partial charge on any atom is -0.360 e. The number of hydrogen-bond donors (Lipinski definition) is 2. The van der Waals surface area contributed by atoms with Crippen molar-refractivity contribution in [3.8, 4) is 0 Å². The quantitative estimate of drug-likeness (QED) is 0.819. The molecule has 0 spiro atoms. The summed E-state index contributed by atoms with van der Waals surface area (Å²) in [6.45, 7) is 4.90. The molecule has 1 aliphatic rings. The van der Waals surface area contributed by atoms with Crippen LogP contribution in [0.1, 0.15) is 49.1 Å². The number of thiocarbonyl (C=S) groups is 1. The summed E-state index contributed by atoms with van der Waals surface area (Å²) in [5.41, 5.74) is 4.37. The molecular formula is C19H26N4S. The van der Waals surface area contributed by atoms with Crippen molar-refractivity contribution < 1.29 is 0 Å². The number of nitrogens with zero attached hydrogens (tertiary/aromatic N) is 2. The predicted octanol–water partition coefficient (Wildman–Crippen LogP) is 4.17. The van der Waals surface area contributed by atoms with Gasteiger partial charge in [0, 0.05) is 6.04 Å². The Labute approximate surface area is 149 Å². The molecule has 1 heterocycles. The lowest BCUT2D eigenvalue weighted by Gasteiger charge is -2.24. The number of nitrogens with one attached hydrogen (secondary N) is 2. The van der Waals surface area contributed by atoms with E-state index >= 15 is 0 Å². The van der Waals surface area contributed by atoms with Crippen LogP contribution < -0.4 is 10.6 Å². The van der Waals surface area contributed by atoms with Crippen LogP contribution in [0.4, 0.5) is 5.69 Å². The van der Waals surface area contributed by atoms with Gasteiger partial charge >= 0.3 is 0 Å². The maximum Gasteiger partial charge on any atom is 0.171 e. The summed E-state index contributed by atoms with van der Waals surface area (Å²) in [6.07, 6.45) is 6.38. The third-order valence-electron chi connectivity index (χ3n) is 4.74. The molecule has 3 rings (SSSR count). The Kier molecular flexibility index (Phi) is 5.51. The van der Waals surface area contributed by atoms with Crippen LogP contribution in [-0.4, -0.2) is 20.9 Å². The Morgan fingerprint density at radius 3 is 2.58 bits per heavy atom. The van der Waals surface area contributed by atoms with Crippen LogP contribution in [0.3, 0.4) is 0 Å². The molecule has 1 aliphatic carbocycles. The third-order valence-corrected chi connectivity index (χ3v) is 4.96. The van der Waals surface area contributed by atoms with E-state index in [-0.39, 0.29) is 0 Å². The molecule has 0 saturated heterocycles. The molecule has 0 amide bonds. The number of rotatable bonds is 4. The summed E-state index contributed by atoms with van der Waals surface area (Å²) in [7, 11) is 0. The van der Waals surface area contributed by atoms with Gasteiger partial charge in [-0.25, -0.2) is 0 Å². The molecule has 1 fully saturated rings. The second kappa shape index (κ2) is 7.79. The van der Waals surface area contributed by atoms with Crippen LogP contribution in [-0.2, 0) is 6.54 Å². The molecule has 2 aromatic rings. The van der Waals surface area contributed by atoms with Crippen molar-refractivity contribution in [3.63, 3.8) is 0 Å². The fourth-order valence-corrected chi connectivity index (χ4v) is 3.64. The van der Waals surface area contributed by atoms with Crippen LogP contribution in [0.15, 0.2) is 30.3 Å². The highest BCUT2D eigenvalue weighted by atomic mass is 32.1.